The van der Waals surface area contributed by atoms with Gasteiger partial charge in [0.1, 0.15) is 5.78 Å². The molecule has 0 atom stereocenters. The Morgan fingerprint density at radius 3 is 2.60 bits per heavy atom. The third kappa shape index (κ3) is 5.22. The summed E-state index contributed by atoms with van der Waals surface area (Å²) in [5.74, 6) is 0.168. The topological polar surface area (TPSA) is 40.9 Å². The second-order valence-electron chi connectivity index (χ2n) is 2.31. The zero-order valence-electron chi connectivity index (χ0n) is 6.31. The molecule has 0 aromatic rings. The zero-order chi connectivity index (χ0) is 7.98. The molecular weight excluding hydrogens is 126 g/mol. The number of nitrogens with one attached hydrogen (secondary N) is 1. The molecule has 0 saturated heterocycles. The van der Waals surface area contributed by atoms with Crippen molar-refractivity contribution in [3.8, 4) is 0 Å². The van der Waals surface area contributed by atoms with Gasteiger partial charge < -0.3 is 5.41 Å². The summed E-state index contributed by atoms with van der Waals surface area (Å²) in [6, 6.07) is 0. The van der Waals surface area contributed by atoms with Gasteiger partial charge in [-0.15, -0.1) is 6.58 Å². The summed E-state index contributed by atoms with van der Waals surface area (Å²) in [5, 5.41) is 7.04. The Kier molecular flexibility index (Phi) is 4.46. The van der Waals surface area contributed by atoms with Crippen LogP contribution in [0, 0.1) is 5.41 Å². The highest BCUT2D eigenvalue weighted by molar-refractivity contribution is 5.86. The Hall–Kier alpha value is -0.920. The average molecular weight is 139 g/mol. The van der Waals surface area contributed by atoms with Crippen molar-refractivity contribution in [2.24, 2.45) is 0 Å². The van der Waals surface area contributed by atoms with E-state index < -0.39 is 0 Å². The van der Waals surface area contributed by atoms with E-state index in [4.69, 9.17) is 5.41 Å². The maximum atomic E-state index is 10.8. The second-order valence-corrected chi connectivity index (χ2v) is 2.31. The zero-order valence-corrected chi connectivity index (χ0v) is 6.31. The first-order valence-corrected chi connectivity index (χ1v) is 3.33. The van der Waals surface area contributed by atoms with E-state index in [0.717, 1.165) is 0 Å². The lowest BCUT2D eigenvalue weighted by Gasteiger charge is -1.94. The van der Waals surface area contributed by atoms with Gasteiger partial charge >= 0.3 is 0 Å². The summed E-state index contributed by atoms with van der Waals surface area (Å²) < 4.78 is 0. The van der Waals surface area contributed by atoms with Crippen LogP contribution in [0.2, 0.25) is 0 Å². The van der Waals surface area contributed by atoms with Gasteiger partial charge in [0.15, 0.2) is 0 Å². The highest BCUT2D eigenvalue weighted by Gasteiger charge is 1.98. The number of allylic oxidation sites excluding steroid dienone is 1. The summed E-state index contributed by atoms with van der Waals surface area (Å²) in [5.41, 5.74) is 0.567. The minimum absolute atomic E-state index is 0.168. The fourth-order valence-electron chi connectivity index (χ4n) is 0.590. The fourth-order valence-corrected chi connectivity index (χ4v) is 0.590. The molecule has 0 amide bonds. The summed E-state index contributed by atoms with van der Waals surface area (Å²) in [6.45, 7) is 5.16. The first-order valence-electron chi connectivity index (χ1n) is 3.33. The number of rotatable bonds is 5. The van der Waals surface area contributed by atoms with Gasteiger partial charge in [-0.2, -0.15) is 0 Å². The van der Waals surface area contributed by atoms with Gasteiger partial charge in [0.2, 0.25) is 0 Å². The molecule has 0 aliphatic rings. The molecule has 0 heterocycles. The van der Waals surface area contributed by atoms with Crippen LogP contribution >= 0.6 is 0 Å². The molecule has 0 aliphatic heterocycles. The first-order chi connectivity index (χ1) is 4.66. The van der Waals surface area contributed by atoms with E-state index in [1.54, 1.807) is 13.0 Å². The quantitative estimate of drug-likeness (QED) is 0.459. The van der Waals surface area contributed by atoms with E-state index in [9.17, 15) is 4.79 Å². The number of carbonyl (C=O) groups excluding carboxylic acids is 1. The normalized spacial score (nSPS) is 8.90. The number of carbonyl (C=O) groups is 1. The fraction of sp³-hybridized carbons (Fsp3) is 0.500. The van der Waals surface area contributed by atoms with Crippen LogP contribution in [0.1, 0.15) is 26.2 Å². The first kappa shape index (κ1) is 9.08. The molecule has 0 fully saturated rings. The SMILES string of the molecule is C=CCC(=O)CCC(C)=N. The van der Waals surface area contributed by atoms with Crippen molar-refractivity contribution >= 4 is 11.5 Å². The Balaban J connectivity index is 3.39. The predicted molar refractivity (Wildman–Crippen MR) is 42.5 cm³/mol. The van der Waals surface area contributed by atoms with Gasteiger partial charge in [0, 0.05) is 18.6 Å². The van der Waals surface area contributed by atoms with Crippen LogP contribution in [0.4, 0.5) is 0 Å². The minimum Gasteiger partial charge on any atom is -0.310 e. The van der Waals surface area contributed by atoms with E-state index >= 15 is 0 Å². The third-order valence-electron chi connectivity index (χ3n) is 1.15. The van der Waals surface area contributed by atoms with Gasteiger partial charge in [-0.3, -0.25) is 4.79 Å². The van der Waals surface area contributed by atoms with Gasteiger partial charge in [0.25, 0.3) is 0 Å². The molecule has 0 aromatic heterocycles. The van der Waals surface area contributed by atoms with E-state index in [1.165, 1.54) is 0 Å². The van der Waals surface area contributed by atoms with Crippen molar-refractivity contribution < 1.29 is 4.79 Å². The molecule has 0 radical (unpaired) electrons. The van der Waals surface area contributed by atoms with Crippen molar-refractivity contribution in [2.75, 3.05) is 0 Å². The Labute approximate surface area is 61.5 Å². The van der Waals surface area contributed by atoms with Gasteiger partial charge in [-0.1, -0.05) is 6.08 Å². The lowest BCUT2D eigenvalue weighted by molar-refractivity contribution is -0.118. The van der Waals surface area contributed by atoms with Crippen molar-refractivity contribution in [1.29, 1.82) is 5.41 Å². The van der Waals surface area contributed by atoms with Crippen LogP contribution in [-0.4, -0.2) is 11.5 Å². The summed E-state index contributed by atoms with van der Waals surface area (Å²) in [6.07, 6.45) is 3.11. The van der Waals surface area contributed by atoms with Gasteiger partial charge in [0.05, 0.1) is 0 Å². The van der Waals surface area contributed by atoms with Crippen molar-refractivity contribution in [1.82, 2.24) is 0 Å². The Bertz CT molecular complexity index is 149. The number of hydrogen-bond acceptors (Lipinski definition) is 2. The summed E-state index contributed by atoms with van der Waals surface area (Å²) in [7, 11) is 0. The maximum absolute atomic E-state index is 10.8. The average Bonchev–Trinajstić information content (AvgIpc) is 1.85. The molecule has 0 aromatic carbocycles. The second kappa shape index (κ2) is 4.91. The van der Waals surface area contributed by atoms with E-state index in [1.807, 2.05) is 0 Å². The number of Topliss-reactive ketones (excluding diaryl/α,β-unsaturated/α-hetero) is 1. The molecule has 56 valence electrons. The summed E-state index contributed by atoms with van der Waals surface area (Å²) >= 11 is 0. The van der Waals surface area contributed by atoms with Crippen LogP contribution in [-0.2, 0) is 4.79 Å². The van der Waals surface area contributed by atoms with Crippen LogP contribution in [0.15, 0.2) is 12.7 Å². The Morgan fingerprint density at radius 2 is 2.20 bits per heavy atom. The van der Waals surface area contributed by atoms with Gasteiger partial charge in [-0.25, -0.2) is 0 Å². The molecule has 10 heavy (non-hydrogen) atoms. The van der Waals surface area contributed by atoms with Crippen molar-refractivity contribution in [3.63, 3.8) is 0 Å². The molecule has 0 aliphatic carbocycles. The highest BCUT2D eigenvalue weighted by Crippen LogP contribution is 1.96. The molecular formula is C8H13NO. The molecule has 2 heteroatoms. The lowest BCUT2D eigenvalue weighted by atomic mass is 10.1. The maximum Gasteiger partial charge on any atom is 0.137 e. The van der Waals surface area contributed by atoms with Crippen molar-refractivity contribution in [3.05, 3.63) is 12.7 Å². The van der Waals surface area contributed by atoms with Crippen LogP contribution in [0.5, 0.6) is 0 Å². The van der Waals surface area contributed by atoms with Gasteiger partial charge in [-0.05, 0) is 13.3 Å². The van der Waals surface area contributed by atoms with E-state index in [-0.39, 0.29) is 5.78 Å². The third-order valence-corrected chi connectivity index (χ3v) is 1.15. The van der Waals surface area contributed by atoms with Crippen LogP contribution in [0.25, 0.3) is 0 Å². The number of ketones is 1. The molecule has 0 rings (SSSR count). The van der Waals surface area contributed by atoms with E-state index in [2.05, 4.69) is 6.58 Å². The molecule has 1 N–H and O–H groups in total. The minimum atomic E-state index is 0.168. The van der Waals surface area contributed by atoms with Crippen LogP contribution in [0.3, 0.4) is 0 Å². The number of hydrogen-bond donors (Lipinski definition) is 1. The van der Waals surface area contributed by atoms with Crippen molar-refractivity contribution in [2.45, 2.75) is 26.2 Å². The molecule has 2 nitrogen and oxygen atoms in total. The standard InChI is InChI=1S/C8H13NO/c1-3-4-8(10)6-5-7(2)9/h3,9H,1,4-6H2,2H3. The molecule has 0 saturated carbocycles. The highest BCUT2D eigenvalue weighted by atomic mass is 16.1. The molecule has 0 unspecified atom stereocenters. The summed E-state index contributed by atoms with van der Waals surface area (Å²) in [4.78, 5) is 10.8. The molecule has 0 bridgehead atoms. The largest absolute Gasteiger partial charge is 0.310 e. The monoisotopic (exact) mass is 139 g/mol. The lowest BCUT2D eigenvalue weighted by Crippen LogP contribution is -1.98. The Morgan fingerprint density at radius 1 is 1.60 bits per heavy atom. The molecule has 0 spiro atoms. The van der Waals surface area contributed by atoms with E-state index in [0.29, 0.717) is 25.0 Å². The van der Waals surface area contributed by atoms with Crippen LogP contribution < -0.4 is 0 Å². The smallest absolute Gasteiger partial charge is 0.137 e. The predicted octanol–water partition coefficient (Wildman–Crippen LogP) is 1.95.